The number of thioether (sulfide) groups is 1. The Morgan fingerprint density at radius 3 is 2.70 bits per heavy atom. The van der Waals surface area contributed by atoms with E-state index < -0.39 is 69.0 Å². The number of hydrogen-bond donors (Lipinski definition) is 1. The van der Waals surface area contributed by atoms with Gasteiger partial charge in [0.15, 0.2) is 17.1 Å². The van der Waals surface area contributed by atoms with E-state index in [0.29, 0.717) is 37.0 Å². The van der Waals surface area contributed by atoms with Gasteiger partial charge in [0.1, 0.15) is 24.5 Å². The fourth-order valence-corrected chi connectivity index (χ4v) is 9.49. The molecule has 6 nitrogen and oxygen atoms in total. The lowest BCUT2D eigenvalue weighted by atomic mass is 9.44. The van der Waals surface area contributed by atoms with Gasteiger partial charge in [0.25, 0.3) is 0 Å². The molecule has 40 heavy (non-hydrogen) atoms. The van der Waals surface area contributed by atoms with Crippen LogP contribution in [0.15, 0.2) is 54.1 Å². The maximum absolute atomic E-state index is 17.5. The standard InChI is InChI=1S/C30H34F3NO5S/c1-27-9-8-19(35)13-23(27)24(32)14-22-21-12-18-16-34(10-11-38-20-6-4-3-5-7-20)39-30(18,26(37)40-17-31)28(21,2)15-25(36)29(22,27)33/h3-9,13,18,21-22,24-25,36H,10-12,14-17H2,1-2H3/t18-,21?,22-,24-,25-,27-,28-,29-,30-/m0/s1. The topological polar surface area (TPSA) is 76.1 Å². The van der Waals surface area contributed by atoms with Gasteiger partial charge in [0.2, 0.25) is 5.12 Å². The maximum atomic E-state index is 17.5. The Morgan fingerprint density at radius 1 is 1.23 bits per heavy atom. The van der Waals surface area contributed by atoms with E-state index in [1.165, 1.54) is 12.2 Å². The highest BCUT2D eigenvalue weighted by atomic mass is 32.2. The lowest BCUT2D eigenvalue weighted by Gasteiger charge is -2.63. The molecule has 0 amide bonds. The number of hydrogen-bond acceptors (Lipinski definition) is 7. The van der Waals surface area contributed by atoms with Crippen LogP contribution in [0, 0.1) is 28.6 Å². The van der Waals surface area contributed by atoms with Crippen molar-refractivity contribution < 1.29 is 37.4 Å². The molecule has 1 N–H and O–H groups in total. The minimum absolute atomic E-state index is 0.0548. The molecule has 4 aliphatic carbocycles. The van der Waals surface area contributed by atoms with Crippen LogP contribution in [-0.4, -0.2) is 70.3 Å². The van der Waals surface area contributed by atoms with Crippen LogP contribution in [0.25, 0.3) is 0 Å². The zero-order valence-electron chi connectivity index (χ0n) is 22.5. The highest BCUT2D eigenvalue weighted by Crippen LogP contribution is 2.73. The molecule has 0 aromatic heterocycles. The first-order chi connectivity index (χ1) is 19.0. The largest absolute Gasteiger partial charge is 0.492 e. The number of carbonyl (C=O) groups is 2. The van der Waals surface area contributed by atoms with Gasteiger partial charge in [-0.2, -0.15) is 5.06 Å². The first-order valence-corrected chi connectivity index (χ1v) is 14.8. The average Bonchev–Trinajstić information content (AvgIpc) is 3.40. The molecule has 0 spiro atoms. The number of benzene rings is 1. The molecule has 10 heteroatoms. The molecule has 9 atom stereocenters. The molecule has 1 aromatic carbocycles. The number of hydroxylamine groups is 2. The molecule has 0 radical (unpaired) electrons. The second-order valence-electron chi connectivity index (χ2n) is 12.2. The Bertz CT molecular complexity index is 1260. The van der Waals surface area contributed by atoms with Crippen molar-refractivity contribution in [3.8, 4) is 5.75 Å². The molecule has 5 aliphatic rings. The number of para-hydroxylation sites is 1. The van der Waals surface area contributed by atoms with E-state index in [1.54, 1.807) is 12.0 Å². The number of aliphatic hydroxyl groups is 1. The van der Waals surface area contributed by atoms with E-state index >= 15 is 8.78 Å². The highest BCUT2D eigenvalue weighted by molar-refractivity contribution is 8.13. The summed E-state index contributed by atoms with van der Waals surface area (Å²) < 4.78 is 52.5. The van der Waals surface area contributed by atoms with Crippen molar-refractivity contribution >= 4 is 22.7 Å². The second-order valence-corrected chi connectivity index (χ2v) is 13.1. The van der Waals surface area contributed by atoms with Crippen molar-refractivity contribution in [1.82, 2.24) is 5.06 Å². The summed E-state index contributed by atoms with van der Waals surface area (Å²) in [5, 5.41) is 12.8. The van der Waals surface area contributed by atoms with Gasteiger partial charge in [0.05, 0.1) is 12.6 Å². The van der Waals surface area contributed by atoms with Crippen molar-refractivity contribution in [1.29, 1.82) is 0 Å². The number of allylic oxidation sites excluding steroid dienone is 4. The predicted octanol–water partition coefficient (Wildman–Crippen LogP) is 4.78. The Labute approximate surface area is 235 Å². The van der Waals surface area contributed by atoms with Gasteiger partial charge in [-0.1, -0.05) is 43.0 Å². The number of ketones is 1. The van der Waals surface area contributed by atoms with Gasteiger partial charge in [-0.25, -0.2) is 13.2 Å². The van der Waals surface area contributed by atoms with E-state index in [9.17, 15) is 19.1 Å². The number of ether oxygens (including phenoxy) is 1. The maximum Gasteiger partial charge on any atom is 0.226 e. The third kappa shape index (κ3) is 3.68. The highest BCUT2D eigenvalue weighted by Gasteiger charge is 2.79. The first-order valence-electron chi connectivity index (χ1n) is 13.8. The summed E-state index contributed by atoms with van der Waals surface area (Å²) in [4.78, 5) is 32.2. The average molecular weight is 578 g/mol. The zero-order chi connectivity index (χ0) is 28.5. The third-order valence-corrected chi connectivity index (χ3v) is 11.2. The number of nitrogens with zero attached hydrogens (tertiary/aromatic N) is 1. The first kappa shape index (κ1) is 28.0. The SMILES string of the molecule is C[C@]12C=CC(=O)C=C1[C@@H](F)C[C@H]1C3C[C@H]4CN(CCOc5ccccc5)O[C@@]4(C(=O)SCF)[C@@]3(C)C[C@H](O)[C@@]12F. The Balaban J connectivity index is 1.32. The van der Waals surface area contributed by atoms with E-state index in [1.807, 2.05) is 37.3 Å². The Kier molecular flexibility index (Phi) is 6.80. The molecule has 1 aromatic rings. The molecule has 1 saturated heterocycles. The predicted molar refractivity (Wildman–Crippen MR) is 143 cm³/mol. The van der Waals surface area contributed by atoms with Gasteiger partial charge >= 0.3 is 0 Å². The molecule has 3 saturated carbocycles. The van der Waals surface area contributed by atoms with Crippen LogP contribution >= 0.6 is 11.8 Å². The zero-order valence-corrected chi connectivity index (χ0v) is 23.3. The number of aliphatic hydroxyl groups excluding tert-OH is 1. The summed E-state index contributed by atoms with van der Waals surface area (Å²) in [5.74, 6) is -1.53. The normalized spacial score (nSPS) is 43.9. The monoisotopic (exact) mass is 577 g/mol. The lowest BCUT2D eigenvalue weighted by molar-refractivity contribution is -0.264. The summed E-state index contributed by atoms with van der Waals surface area (Å²) in [6.45, 7) is 4.34. The molecule has 216 valence electrons. The van der Waals surface area contributed by atoms with Gasteiger partial charge in [-0.15, -0.1) is 0 Å². The van der Waals surface area contributed by atoms with E-state index in [4.69, 9.17) is 9.57 Å². The van der Waals surface area contributed by atoms with Gasteiger partial charge in [0, 0.05) is 29.2 Å². The molecule has 6 rings (SSSR count). The lowest BCUT2D eigenvalue weighted by Crippen LogP contribution is -2.70. The molecule has 4 fully saturated rings. The van der Waals surface area contributed by atoms with E-state index in [0.717, 1.165) is 6.08 Å². The van der Waals surface area contributed by atoms with Gasteiger partial charge in [-0.05, 0) is 62.0 Å². The minimum atomic E-state index is -2.25. The van der Waals surface area contributed by atoms with Crippen LogP contribution in [-0.2, 0) is 14.4 Å². The number of halogens is 3. The smallest absolute Gasteiger partial charge is 0.226 e. The summed E-state index contributed by atoms with van der Waals surface area (Å²) in [6, 6.07) is 8.34. The van der Waals surface area contributed by atoms with Crippen molar-refractivity contribution in [2.24, 2.45) is 28.6 Å². The Morgan fingerprint density at radius 2 is 1.98 bits per heavy atom. The van der Waals surface area contributed by atoms with Crippen LogP contribution in [0.3, 0.4) is 0 Å². The summed E-state index contributed by atoms with van der Waals surface area (Å²) >= 11 is 0.525. The number of fused-ring (bicyclic) bond motifs is 7. The Hall–Kier alpha value is -2.14. The number of carbonyl (C=O) groups excluding carboxylic acids is 2. The van der Waals surface area contributed by atoms with E-state index in [-0.39, 0.29) is 25.0 Å². The van der Waals surface area contributed by atoms with Crippen LogP contribution in [0.1, 0.15) is 33.1 Å². The fourth-order valence-electron chi connectivity index (χ4n) is 8.74. The minimum Gasteiger partial charge on any atom is -0.492 e. The molecule has 0 bridgehead atoms. The van der Waals surface area contributed by atoms with E-state index in [2.05, 4.69) is 0 Å². The van der Waals surface area contributed by atoms with Crippen molar-refractivity contribution in [2.45, 2.75) is 56.7 Å². The van der Waals surface area contributed by atoms with Crippen molar-refractivity contribution in [3.05, 3.63) is 54.1 Å². The number of rotatable bonds is 6. The summed E-state index contributed by atoms with van der Waals surface area (Å²) in [7, 11) is 0. The molecule has 1 heterocycles. The molecular weight excluding hydrogens is 543 g/mol. The van der Waals surface area contributed by atoms with Crippen molar-refractivity contribution in [2.75, 3.05) is 25.7 Å². The van der Waals surface area contributed by atoms with Crippen LogP contribution < -0.4 is 4.74 Å². The molecule has 1 aliphatic heterocycles. The summed E-state index contributed by atoms with van der Waals surface area (Å²) in [5.41, 5.74) is -6.27. The van der Waals surface area contributed by atoms with Crippen LogP contribution in [0.2, 0.25) is 0 Å². The molecule has 1 unspecified atom stereocenters. The third-order valence-electron chi connectivity index (χ3n) is 10.5. The number of alkyl halides is 3. The van der Waals surface area contributed by atoms with Crippen LogP contribution in [0.5, 0.6) is 5.75 Å². The van der Waals surface area contributed by atoms with Crippen LogP contribution in [0.4, 0.5) is 13.2 Å². The second kappa shape index (κ2) is 9.71. The van der Waals surface area contributed by atoms with Crippen molar-refractivity contribution in [3.63, 3.8) is 0 Å². The fraction of sp³-hybridized carbons (Fsp3) is 0.600. The van der Waals surface area contributed by atoms with Gasteiger partial charge < -0.3 is 9.84 Å². The van der Waals surface area contributed by atoms with Gasteiger partial charge in [-0.3, -0.25) is 14.4 Å². The quantitative estimate of drug-likeness (QED) is 0.522. The summed E-state index contributed by atoms with van der Waals surface area (Å²) in [6.07, 6.45) is 0.721. The molecular formula is C30H34F3NO5S.